The van der Waals surface area contributed by atoms with E-state index in [1.807, 2.05) is 103 Å². The molecule has 41 heavy (non-hydrogen) atoms. The number of rotatable bonds is 4. The molecule has 0 spiro atoms. The molecule has 0 saturated heterocycles. The molecule has 0 aliphatic heterocycles. The predicted molar refractivity (Wildman–Crippen MR) is 173 cm³/mol. The lowest BCUT2D eigenvalue weighted by molar-refractivity contribution is 0.631. The van der Waals surface area contributed by atoms with Gasteiger partial charge < -0.3 is 4.42 Å². The zero-order chi connectivity index (χ0) is 30.7. The topological polar surface area (TPSA) is 13.1 Å². The van der Waals surface area contributed by atoms with E-state index in [1.165, 1.54) is 0 Å². The first-order valence-corrected chi connectivity index (χ1v) is 13.7. The Morgan fingerprint density at radius 1 is 0.415 bits per heavy atom. The number of benzene rings is 7. The van der Waals surface area contributed by atoms with Crippen molar-refractivity contribution in [3.05, 3.63) is 158 Å². The lowest BCUT2D eigenvalue weighted by Crippen LogP contribution is -1.92. The summed E-state index contributed by atoms with van der Waals surface area (Å²) in [5, 5.41) is 3.70. The Bertz CT molecular complexity index is 2410. The van der Waals surface area contributed by atoms with Crippen molar-refractivity contribution < 1.29 is 9.90 Å². The highest BCUT2D eigenvalue weighted by Crippen LogP contribution is 2.47. The maximum absolute atomic E-state index is 9.30. The Kier molecular flexibility index (Phi) is 4.62. The molecule has 0 fully saturated rings. The van der Waals surface area contributed by atoms with Gasteiger partial charge in [0.1, 0.15) is 11.3 Å². The number of hydrogen-bond donors (Lipinski definition) is 0. The molecule has 0 N–H and O–H groups in total. The van der Waals surface area contributed by atoms with Gasteiger partial charge in [-0.1, -0.05) is 145 Å². The number of hydrogen-bond acceptors (Lipinski definition) is 1. The third-order valence-electron chi connectivity index (χ3n) is 7.82. The fourth-order valence-electron chi connectivity index (χ4n) is 6.03. The van der Waals surface area contributed by atoms with Gasteiger partial charge in [-0.25, -0.2) is 0 Å². The molecule has 0 amide bonds. The van der Waals surface area contributed by atoms with E-state index in [4.69, 9.17) is 7.16 Å². The number of furan rings is 1. The lowest BCUT2D eigenvalue weighted by atomic mass is 9.83. The molecular formula is C40H26O. The highest BCUT2D eigenvalue weighted by molar-refractivity contribution is 6.24. The monoisotopic (exact) mass is 526 g/mol. The van der Waals surface area contributed by atoms with E-state index in [9.17, 15) is 2.74 Å². The van der Waals surface area contributed by atoms with Crippen LogP contribution in [-0.2, 0) is 0 Å². The predicted octanol–water partition coefficient (Wildman–Crippen LogP) is 11.4. The molecule has 0 saturated carbocycles. The van der Waals surface area contributed by atoms with Crippen LogP contribution in [0.3, 0.4) is 0 Å². The van der Waals surface area contributed by atoms with Crippen molar-refractivity contribution in [3.63, 3.8) is 0 Å². The fourth-order valence-corrected chi connectivity index (χ4v) is 6.03. The molecule has 0 aliphatic rings. The van der Waals surface area contributed by atoms with Crippen LogP contribution in [0.15, 0.2) is 162 Å². The van der Waals surface area contributed by atoms with E-state index in [0.29, 0.717) is 16.4 Å². The summed E-state index contributed by atoms with van der Waals surface area (Å²) >= 11 is 0. The molecule has 7 aromatic carbocycles. The fraction of sp³-hybridized carbons (Fsp3) is 0. The van der Waals surface area contributed by atoms with Gasteiger partial charge in [0.15, 0.2) is 0 Å². The molecule has 0 atom stereocenters. The van der Waals surface area contributed by atoms with E-state index in [2.05, 4.69) is 30.3 Å². The lowest BCUT2D eigenvalue weighted by Gasteiger charge is -2.20. The Morgan fingerprint density at radius 3 is 1.63 bits per heavy atom. The van der Waals surface area contributed by atoms with Crippen molar-refractivity contribution >= 4 is 32.5 Å². The Hall–Kier alpha value is -5.40. The molecule has 0 unspecified atom stereocenters. The highest BCUT2D eigenvalue weighted by atomic mass is 16.3. The SMILES string of the molecule is [2H]c1c([2H])c([2H])c2c(-c3cccc4oc(-c5ccccc5)cc34)c3ccccc3c(-c3ccccc3-c3ccccc3)c2c1[2H]. The van der Waals surface area contributed by atoms with Crippen LogP contribution < -0.4 is 0 Å². The second-order valence-corrected chi connectivity index (χ2v) is 10.2. The van der Waals surface area contributed by atoms with Crippen LogP contribution in [0.5, 0.6) is 0 Å². The van der Waals surface area contributed by atoms with Gasteiger partial charge in [-0.15, -0.1) is 0 Å². The quantitative estimate of drug-likeness (QED) is 0.208. The second-order valence-electron chi connectivity index (χ2n) is 10.2. The van der Waals surface area contributed by atoms with Crippen LogP contribution in [0.2, 0.25) is 0 Å². The van der Waals surface area contributed by atoms with E-state index < -0.39 is 0 Å². The van der Waals surface area contributed by atoms with Gasteiger partial charge in [-0.3, -0.25) is 0 Å². The van der Waals surface area contributed by atoms with Gasteiger partial charge in [0, 0.05) is 10.9 Å². The minimum Gasteiger partial charge on any atom is -0.456 e. The zero-order valence-electron chi connectivity index (χ0n) is 26.1. The molecule has 1 heteroatoms. The van der Waals surface area contributed by atoms with Gasteiger partial charge in [-0.05, 0) is 67.1 Å². The van der Waals surface area contributed by atoms with Crippen molar-refractivity contribution in [3.8, 4) is 44.7 Å². The van der Waals surface area contributed by atoms with E-state index in [0.717, 1.165) is 60.9 Å². The maximum atomic E-state index is 9.30. The van der Waals surface area contributed by atoms with Crippen molar-refractivity contribution in [2.75, 3.05) is 0 Å². The normalized spacial score (nSPS) is 12.8. The van der Waals surface area contributed by atoms with E-state index in [-0.39, 0.29) is 24.2 Å². The molecule has 1 aromatic heterocycles. The van der Waals surface area contributed by atoms with Crippen molar-refractivity contribution in [1.82, 2.24) is 0 Å². The Labute approximate surface area is 244 Å². The summed E-state index contributed by atoms with van der Waals surface area (Å²) in [6.45, 7) is 0. The molecule has 0 aliphatic carbocycles. The summed E-state index contributed by atoms with van der Waals surface area (Å²) in [5.41, 5.74) is 7.02. The smallest absolute Gasteiger partial charge is 0.135 e. The summed E-state index contributed by atoms with van der Waals surface area (Å²) in [6, 6.07) is 43.6. The van der Waals surface area contributed by atoms with E-state index in [1.54, 1.807) is 0 Å². The van der Waals surface area contributed by atoms with Crippen LogP contribution in [0.25, 0.3) is 77.2 Å². The van der Waals surface area contributed by atoms with Crippen LogP contribution in [-0.4, -0.2) is 0 Å². The molecule has 0 radical (unpaired) electrons. The maximum Gasteiger partial charge on any atom is 0.135 e. The van der Waals surface area contributed by atoms with Crippen LogP contribution in [0.1, 0.15) is 5.48 Å². The first-order chi connectivity index (χ1) is 22.0. The van der Waals surface area contributed by atoms with Gasteiger partial charge in [-0.2, -0.15) is 0 Å². The van der Waals surface area contributed by atoms with Crippen LogP contribution >= 0.6 is 0 Å². The summed E-state index contributed by atoms with van der Waals surface area (Å²) in [5.74, 6) is 0.738. The van der Waals surface area contributed by atoms with Gasteiger partial charge in [0.2, 0.25) is 0 Å². The largest absolute Gasteiger partial charge is 0.456 e. The number of fused-ring (bicyclic) bond motifs is 3. The van der Waals surface area contributed by atoms with Crippen molar-refractivity contribution in [2.45, 2.75) is 0 Å². The molecule has 8 rings (SSSR count). The summed E-state index contributed by atoms with van der Waals surface area (Å²) in [4.78, 5) is 0. The summed E-state index contributed by atoms with van der Waals surface area (Å²) < 4.78 is 42.4. The second kappa shape index (κ2) is 9.66. The molecule has 8 aromatic rings. The summed E-state index contributed by atoms with van der Waals surface area (Å²) in [6.07, 6.45) is 0. The van der Waals surface area contributed by atoms with Gasteiger partial charge in [0.25, 0.3) is 0 Å². The van der Waals surface area contributed by atoms with Gasteiger partial charge in [0.05, 0.1) is 5.48 Å². The third kappa shape index (κ3) is 3.86. The summed E-state index contributed by atoms with van der Waals surface area (Å²) in [7, 11) is 0. The Morgan fingerprint density at radius 2 is 0.951 bits per heavy atom. The van der Waals surface area contributed by atoms with Crippen LogP contribution in [0.4, 0.5) is 0 Å². The molecule has 192 valence electrons. The average molecular weight is 527 g/mol. The minimum absolute atomic E-state index is 0.0554. The van der Waals surface area contributed by atoms with E-state index >= 15 is 0 Å². The molecule has 1 heterocycles. The minimum atomic E-state index is -0.254. The first kappa shape index (κ1) is 19.6. The van der Waals surface area contributed by atoms with Gasteiger partial charge >= 0.3 is 0 Å². The highest BCUT2D eigenvalue weighted by Gasteiger charge is 2.20. The molecular weight excluding hydrogens is 496 g/mol. The van der Waals surface area contributed by atoms with Crippen molar-refractivity contribution in [2.24, 2.45) is 0 Å². The van der Waals surface area contributed by atoms with Crippen LogP contribution in [0, 0.1) is 0 Å². The standard InChI is InChI=1S/C40H26O/c1-3-14-27(15-4-1)29-18-7-8-19-30(29)39-31-20-9-11-22-33(31)40(34-23-12-10-21-32(34)39)35-24-13-25-37-36(35)26-38(41-37)28-16-5-2-6-17-28/h1-26H/i9D,11D,20D,22D. The average Bonchev–Trinajstić information content (AvgIpc) is 3.55. The molecule has 0 bridgehead atoms. The zero-order valence-corrected chi connectivity index (χ0v) is 22.1. The van der Waals surface area contributed by atoms with Crippen molar-refractivity contribution in [1.29, 1.82) is 0 Å². The first-order valence-electron chi connectivity index (χ1n) is 15.7. The Balaban J connectivity index is 1.56. The third-order valence-corrected chi connectivity index (χ3v) is 7.82. The molecule has 1 nitrogen and oxygen atoms in total.